The molecule has 1 aromatic rings. The molecule has 0 aromatic carbocycles. The number of methoxy groups -OCH3 is 1. The number of hydrogen-bond donors (Lipinski definition) is 1. The summed E-state index contributed by atoms with van der Waals surface area (Å²) in [7, 11) is 1.71. The van der Waals surface area contributed by atoms with E-state index < -0.39 is 0 Å². The minimum Gasteiger partial charge on any atom is -0.384 e. The number of rotatable bonds is 4. The third kappa shape index (κ3) is 4.21. The molecule has 0 bridgehead atoms. The van der Waals surface area contributed by atoms with Crippen molar-refractivity contribution in [3.63, 3.8) is 0 Å². The first-order chi connectivity index (χ1) is 9.29. The van der Waals surface area contributed by atoms with Gasteiger partial charge in [0.25, 0.3) is 0 Å². The monoisotopic (exact) mass is 263 g/mol. The number of carbonyl (C=O) groups is 1. The van der Waals surface area contributed by atoms with E-state index in [2.05, 4.69) is 10.3 Å². The van der Waals surface area contributed by atoms with E-state index in [0.29, 0.717) is 12.5 Å². The van der Waals surface area contributed by atoms with Gasteiger partial charge in [-0.15, -0.1) is 0 Å². The summed E-state index contributed by atoms with van der Waals surface area (Å²) in [5, 5.41) is 2.94. The van der Waals surface area contributed by atoms with Crippen molar-refractivity contribution >= 4 is 6.03 Å². The molecule has 104 valence electrons. The number of amides is 2. The van der Waals surface area contributed by atoms with Gasteiger partial charge in [0.05, 0.1) is 6.61 Å². The molecule has 1 saturated heterocycles. The smallest absolute Gasteiger partial charge is 0.317 e. The maximum Gasteiger partial charge on any atom is 0.317 e. The quantitative estimate of drug-likeness (QED) is 0.898. The van der Waals surface area contributed by atoms with Crippen LogP contribution < -0.4 is 5.32 Å². The van der Waals surface area contributed by atoms with E-state index in [0.717, 1.165) is 38.1 Å². The molecule has 2 heterocycles. The highest BCUT2D eigenvalue weighted by molar-refractivity contribution is 5.74. The summed E-state index contributed by atoms with van der Waals surface area (Å²) >= 11 is 0. The van der Waals surface area contributed by atoms with Gasteiger partial charge >= 0.3 is 6.03 Å². The van der Waals surface area contributed by atoms with Gasteiger partial charge in [0.1, 0.15) is 0 Å². The average Bonchev–Trinajstić information content (AvgIpc) is 2.46. The van der Waals surface area contributed by atoms with Gasteiger partial charge in [0.15, 0.2) is 0 Å². The summed E-state index contributed by atoms with van der Waals surface area (Å²) in [5.74, 6) is 0.461. The van der Waals surface area contributed by atoms with Crippen LogP contribution in [0.3, 0.4) is 0 Å². The van der Waals surface area contributed by atoms with Crippen LogP contribution in [0.15, 0.2) is 24.5 Å². The molecule has 5 heteroatoms. The summed E-state index contributed by atoms with van der Waals surface area (Å²) < 4.78 is 5.17. The molecule has 1 aromatic heterocycles. The molecule has 0 saturated carbocycles. The molecule has 1 fully saturated rings. The average molecular weight is 263 g/mol. The lowest BCUT2D eigenvalue weighted by Gasteiger charge is -2.32. The lowest BCUT2D eigenvalue weighted by atomic mass is 9.99. The molecule has 2 rings (SSSR count). The first kappa shape index (κ1) is 13.8. The zero-order valence-electron chi connectivity index (χ0n) is 11.3. The summed E-state index contributed by atoms with van der Waals surface area (Å²) in [6.07, 6.45) is 5.68. The number of piperidine rings is 1. The summed E-state index contributed by atoms with van der Waals surface area (Å²) in [5.41, 5.74) is 1.02. The molecule has 19 heavy (non-hydrogen) atoms. The van der Waals surface area contributed by atoms with E-state index in [1.54, 1.807) is 19.5 Å². The fraction of sp³-hybridized carbons (Fsp3) is 0.571. The van der Waals surface area contributed by atoms with E-state index in [1.165, 1.54) is 0 Å². The number of likely N-dealkylation sites (tertiary alicyclic amines) is 1. The van der Waals surface area contributed by atoms with Crippen LogP contribution in [0.4, 0.5) is 4.79 Å². The predicted octanol–water partition coefficient (Wildman–Crippen LogP) is 1.65. The minimum atomic E-state index is 0.00431. The highest BCUT2D eigenvalue weighted by atomic mass is 16.5. The molecule has 5 nitrogen and oxygen atoms in total. The lowest BCUT2D eigenvalue weighted by Crippen LogP contribution is -2.46. The molecule has 1 aliphatic heterocycles. The largest absolute Gasteiger partial charge is 0.384 e. The molecule has 0 radical (unpaired) electrons. The van der Waals surface area contributed by atoms with Crippen LogP contribution in [0.5, 0.6) is 0 Å². The highest BCUT2D eigenvalue weighted by Crippen LogP contribution is 2.16. The molecule has 2 amide bonds. The van der Waals surface area contributed by atoms with E-state index in [9.17, 15) is 4.79 Å². The van der Waals surface area contributed by atoms with Crippen molar-refractivity contribution in [3.05, 3.63) is 30.1 Å². The molecule has 0 spiro atoms. The number of pyridine rings is 1. The Hall–Kier alpha value is -1.62. The summed E-state index contributed by atoms with van der Waals surface area (Å²) in [4.78, 5) is 18.0. The number of hydrogen-bond acceptors (Lipinski definition) is 3. The molecule has 0 aliphatic carbocycles. The van der Waals surface area contributed by atoms with Gasteiger partial charge in [-0.3, -0.25) is 4.98 Å². The molecule has 0 unspecified atom stereocenters. The summed E-state index contributed by atoms with van der Waals surface area (Å²) in [6, 6.07) is 3.83. The zero-order chi connectivity index (χ0) is 13.5. The Morgan fingerprint density at radius 1 is 1.63 bits per heavy atom. The Kier molecular flexibility index (Phi) is 5.15. The van der Waals surface area contributed by atoms with E-state index in [-0.39, 0.29) is 6.03 Å². The molecule has 1 aliphatic rings. The topological polar surface area (TPSA) is 54.5 Å². The van der Waals surface area contributed by atoms with Gasteiger partial charge in [-0.1, -0.05) is 6.07 Å². The second kappa shape index (κ2) is 7.09. The maximum atomic E-state index is 12.1. The van der Waals surface area contributed by atoms with Gasteiger partial charge in [-0.2, -0.15) is 0 Å². The van der Waals surface area contributed by atoms with Crippen LogP contribution in [-0.2, 0) is 11.3 Å². The van der Waals surface area contributed by atoms with Gasteiger partial charge in [0, 0.05) is 45.1 Å². The van der Waals surface area contributed by atoms with Gasteiger partial charge in [-0.25, -0.2) is 4.79 Å². The second-order valence-corrected chi connectivity index (χ2v) is 4.93. The zero-order valence-corrected chi connectivity index (χ0v) is 11.3. The number of ether oxygens (including phenoxy) is 1. The fourth-order valence-electron chi connectivity index (χ4n) is 2.41. The molecular weight excluding hydrogens is 242 g/mol. The Balaban J connectivity index is 1.79. The minimum absolute atomic E-state index is 0.00431. The fourth-order valence-corrected chi connectivity index (χ4v) is 2.41. The molecule has 1 atom stereocenters. The van der Waals surface area contributed by atoms with Crippen LogP contribution in [0.2, 0.25) is 0 Å². The normalized spacial score (nSPS) is 19.2. The Morgan fingerprint density at radius 3 is 3.26 bits per heavy atom. The second-order valence-electron chi connectivity index (χ2n) is 4.93. The van der Waals surface area contributed by atoms with E-state index >= 15 is 0 Å². The Bertz CT molecular complexity index is 395. The lowest BCUT2D eigenvalue weighted by molar-refractivity contribution is 0.100. The summed E-state index contributed by atoms with van der Waals surface area (Å²) in [6.45, 7) is 2.87. The third-order valence-corrected chi connectivity index (χ3v) is 3.38. The van der Waals surface area contributed by atoms with Gasteiger partial charge in [-0.05, 0) is 24.5 Å². The van der Waals surface area contributed by atoms with Gasteiger partial charge in [0.2, 0.25) is 0 Å². The van der Waals surface area contributed by atoms with Crippen molar-refractivity contribution in [1.29, 1.82) is 0 Å². The van der Waals surface area contributed by atoms with E-state index in [4.69, 9.17) is 4.74 Å². The van der Waals surface area contributed by atoms with Crippen LogP contribution in [-0.4, -0.2) is 42.7 Å². The number of carbonyl (C=O) groups excluding carboxylic acids is 1. The standard InChI is InChI=1S/C14H21N3O2/c1-19-11-13-5-3-7-17(10-13)14(18)16-9-12-4-2-6-15-8-12/h2,4,6,8,13H,3,5,7,9-11H2,1H3,(H,16,18)/t13-/m0/s1. The first-order valence-electron chi connectivity index (χ1n) is 6.70. The van der Waals surface area contributed by atoms with Gasteiger partial charge < -0.3 is 15.0 Å². The van der Waals surface area contributed by atoms with Crippen molar-refractivity contribution in [2.75, 3.05) is 26.8 Å². The van der Waals surface area contributed by atoms with Crippen LogP contribution in [0, 0.1) is 5.92 Å². The number of urea groups is 1. The predicted molar refractivity (Wildman–Crippen MR) is 72.6 cm³/mol. The maximum absolute atomic E-state index is 12.1. The molecule has 1 N–H and O–H groups in total. The van der Waals surface area contributed by atoms with Crippen LogP contribution >= 0.6 is 0 Å². The van der Waals surface area contributed by atoms with Crippen molar-refractivity contribution < 1.29 is 9.53 Å². The van der Waals surface area contributed by atoms with Crippen molar-refractivity contribution in [3.8, 4) is 0 Å². The van der Waals surface area contributed by atoms with Crippen molar-refractivity contribution in [2.45, 2.75) is 19.4 Å². The SMILES string of the molecule is COC[C@H]1CCCN(C(=O)NCc2cccnc2)C1. The number of nitrogens with zero attached hydrogens (tertiary/aromatic N) is 2. The Morgan fingerprint density at radius 2 is 2.53 bits per heavy atom. The van der Waals surface area contributed by atoms with Crippen molar-refractivity contribution in [1.82, 2.24) is 15.2 Å². The molecular formula is C14H21N3O2. The first-order valence-corrected chi connectivity index (χ1v) is 6.70. The number of aromatic nitrogens is 1. The van der Waals surface area contributed by atoms with Crippen LogP contribution in [0.25, 0.3) is 0 Å². The highest BCUT2D eigenvalue weighted by Gasteiger charge is 2.23. The third-order valence-electron chi connectivity index (χ3n) is 3.38. The van der Waals surface area contributed by atoms with Crippen LogP contribution in [0.1, 0.15) is 18.4 Å². The van der Waals surface area contributed by atoms with E-state index in [1.807, 2.05) is 17.0 Å². The Labute approximate surface area is 114 Å². The number of nitrogens with one attached hydrogen (secondary N) is 1. The van der Waals surface area contributed by atoms with Crippen molar-refractivity contribution in [2.24, 2.45) is 5.92 Å².